The zero-order valence-electron chi connectivity index (χ0n) is 18.9. The van der Waals surface area contributed by atoms with Gasteiger partial charge in [0.2, 0.25) is 5.91 Å². The Morgan fingerprint density at radius 3 is 2.26 bits per heavy atom. The van der Waals surface area contributed by atoms with Gasteiger partial charge in [0.05, 0.1) is 12.5 Å². The lowest BCUT2D eigenvalue weighted by Crippen LogP contribution is -2.44. The lowest BCUT2D eigenvalue weighted by Gasteiger charge is -2.25. The number of carbonyl (C=O) groups is 3. The number of nitrogens with one attached hydrogen (secondary N) is 1. The highest BCUT2D eigenvalue weighted by atomic mass is 16.5. The molecule has 2 aliphatic carbocycles. The highest BCUT2D eigenvalue weighted by molar-refractivity contribution is 5.84. The summed E-state index contributed by atoms with van der Waals surface area (Å²) in [5.74, 6) is 0.678. The second kappa shape index (κ2) is 10.4. The average molecular weight is 461 g/mol. The Hall–Kier alpha value is -3.79. The van der Waals surface area contributed by atoms with Crippen molar-refractivity contribution in [3.05, 3.63) is 59.7 Å². The fraction of sp³-hybridized carbons (Fsp3) is 0.370. The number of fused-ring (bicyclic) bond motifs is 3. The Balaban J connectivity index is 1.37. The van der Waals surface area contributed by atoms with Crippen LogP contribution < -0.4 is 5.32 Å². The maximum Gasteiger partial charge on any atom is 0.407 e. The van der Waals surface area contributed by atoms with Gasteiger partial charge in [-0.3, -0.25) is 9.59 Å². The van der Waals surface area contributed by atoms with Gasteiger partial charge in [-0.15, -0.1) is 6.42 Å². The predicted molar refractivity (Wildman–Crippen MR) is 127 cm³/mol. The summed E-state index contributed by atoms with van der Waals surface area (Å²) in [5.41, 5.74) is 4.54. The largest absolute Gasteiger partial charge is 0.480 e. The molecule has 2 amide bonds. The quantitative estimate of drug-likeness (QED) is 0.529. The first-order chi connectivity index (χ1) is 16.5. The van der Waals surface area contributed by atoms with Crippen LogP contribution in [-0.2, 0) is 14.3 Å². The molecule has 4 rings (SSSR count). The fourth-order valence-electron chi connectivity index (χ4n) is 4.63. The number of carboxylic acids is 1. The molecule has 7 heteroatoms. The number of aliphatic carboxylic acids is 1. The fourth-order valence-corrected chi connectivity index (χ4v) is 4.63. The molecular weight excluding hydrogens is 432 g/mol. The monoisotopic (exact) mass is 460 g/mol. The van der Waals surface area contributed by atoms with Crippen molar-refractivity contribution >= 4 is 18.0 Å². The number of terminal acetylenes is 1. The summed E-state index contributed by atoms with van der Waals surface area (Å²) in [6, 6.07) is 16.2. The van der Waals surface area contributed by atoms with E-state index < -0.39 is 24.5 Å². The number of benzene rings is 2. The van der Waals surface area contributed by atoms with E-state index in [-0.39, 0.29) is 31.5 Å². The van der Waals surface area contributed by atoms with Gasteiger partial charge in [0.25, 0.3) is 0 Å². The van der Waals surface area contributed by atoms with E-state index in [0.29, 0.717) is 12.3 Å². The summed E-state index contributed by atoms with van der Waals surface area (Å²) < 4.78 is 5.56. The van der Waals surface area contributed by atoms with Gasteiger partial charge in [0.1, 0.15) is 13.2 Å². The standard InChI is InChI=1S/C27H28N2O5/c1-2-13-29(16-25(30)31)26(32)19(14-18-11-12-18)15-28-27(33)34-17-24-22-9-5-3-7-20(22)21-8-4-6-10-23(21)24/h1,3-10,18-19,24H,11-17H2,(H,28,33)(H,30,31). The molecule has 0 aliphatic heterocycles. The Morgan fingerprint density at radius 2 is 1.71 bits per heavy atom. The number of carboxylic acid groups (broad SMARTS) is 1. The number of amides is 2. The van der Waals surface area contributed by atoms with Crippen molar-refractivity contribution in [1.29, 1.82) is 0 Å². The zero-order valence-corrected chi connectivity index (χ0v) is 18.9. The number of alkyl carbamates (subject to hydrolysis) is 1. The Bertz CT molecular complexity index is 1070. The van der Waals surface area contributed by atoms with E-state index in [1.54, 1.807) is 0 Å². The minimum atomic E-state index is -1.13. The third-order valence-corrected chi connectivity index (χ3v) is 6.42. The molecule has 0 saturated heterocycles. The normalized spacial score (nSPS) is 14.9. The second-order valence-corrected chi connectivity index (χ2v) is 8.87. The first-order valence-electron chi connectivity index (χ1n) is 11.5. The van der Waals surface area contributed by atoms with Crippen LogP contribution in [0.5, 0.6) is 0 Å². The van der Waals surface area contributed by atoms with Crippen LogP contribution in [0.1, 0.15) is 36.3 Å². The maximum absolute atomic E-state index is 13.0. The molecule has 2 aromatic rings. The first kappa shape index (κ1) is 23.4. The maximum atomic E-state index is 13.0. The number of hydrogen-bond acceptors (Lipinski definition) is 4. The van der Waals surface area contributed by atoms with Crippen molar-refractivity contribution in [1.82, 2.24) is 10.2 Å². The molecule has 7 nitrogen and oxygen atoms in total. The van der Waals surface area contributed by atoms with Crippen molar-refractivity contribution in [2.75, 3.05) is 26.2 Å². The molecule has 0 bridgehead atoms. The van der Waals surface area contributed by atoms with Crippen LogP contribution in [0.2, 0.25) is 0 Å². The molecule has 1 saturated carbocycles. The van der Waals surface area contributed by atoms with Crippen molar-refractivity contribution in [2.24, 2.45) is 11.8 Å². The van der Waals surface area contributed by atoms with Crippen molar-refractivity contribution in [3.8, 4) is 23.5 Å². The topological polar surface area (TPSA) is 95.9 Å². The van der Waals surface area contributed by atoms with Gasteiger partial charge in [-0.1, -0.05) is 67.3 Å². The van der Waals surface area contributed by atoms with Gasteiger partial charge in [0.15, 0.2) is 0 Å². The molecule has 1 atom stereocenters. The van der Waals surface area contributed by atoms with E-state index in [4.69, 9.17) is 16.3 Å². The summed E-state index contributed by atoms with van der Waals surface area (Å²) in [6.45, 7) is -0.289. The van der Waals surface area contributed by atoms with Crippen LogP contribution in [0.4, 0.5) is 4.79 Å². The van der Waals surface area contributed by atoms with E-state index in [1.165, 1.54) is 0 Å². The van der Waals surface area contributed by atoms with Crippen molar-refractivity contribution < 1.29 is 24.2 Å². The van der Waals surface area contributed by atoms with Crippen LogP contribution in [-0.4, -0.2) is 54.2 Å². The highest BCUT2D eigenvalue weighted by Crippen LogP contribution is 2.44. The SMILES string of the molecule is C#CCN(CC(=O)O)C(=O)C(CNC(=O)OCC1c2ccccc2-c2ccccc21)CC1CC1. The summed E-state index contributed by atoms with van der Waals surface area (Å²) in [6.07, 6.45) is 7.37. The summed E-state index contributed by atoms with van der Waals surface area (Å²) >= 11 is 0. The second-order valence-electron chi connectivity index (χ2n) is 8.87. The van der Waals surface area contributed by atoms with Crippen molar-refractivity contribution in [3.63, 3.8) is 0 Å². The molecule has 0 radical (unpaired) electrons. The average Bonchev–Trinajstić information content (AvgIpc) is 3.60. The predicted octanol–water partition coefficient (Wildman–Crippen LogP) is 3.49. The van der Waals surface area contributed by atoms with E-state index in [0.717, 1.165) is 40.0 Å². The van der Waals surface area contributed by atoms with Crippen LogP contribution >= 0.6 is 0 Å². The number of hydrogen-bond donors (Lipinski definition) is 2. The minimum Gasteiger partial charge on any atom is -0.480 e. The summed E-state index contributed by atoms with van der Waals surface area (Å²) in [5, 5.41) is 11.8. The first-order valence-corrected chi connectivity index (χ1v) is 11.5. The van der Waals surface area contributed by atoms with Gasteiger partial charge in [-0.25, -0.2) is 4.79 Å². The van der Waals surface area contributed by atoms with Crippen molar-refractivity contribution in [2.45, 2.75) is 25.2 Å². The highest BCUT2D eigenvalue weighted by Gasteiger charge is 2.33. The van der Waals surface area contributed by atoms with Crippen LogP contribution in [0.15, 0.2) is 48.5 Å². The van der Waals surface area contributed by atoms with E-state index in [2.05, 4.69) is 23.4 Å². The van der Waals surface area contributed by atoms with Gasteiger partial charge in [-0.05, 0) is 34.6 Å². The molecule has 0 heterocycles. The number of carbonyl (C=O) groups excluding carboxylic acids is 2. The van der Waals surface area contributed by atoms with Crippen LogP contribution in [0.25, 0.3) is 11.1 Å². The molecule has 176 valence electrons. The van der Waals surface area contributed by atoms with Gasteiger partial charge in [0, 0.05) is 12.5 Å². The lowest BCUT2D eigenvalue weighted by molar-refractivity contribution is -0.145. The molecular formula is C27H28N2O5. The van der Waals surface area contributed by atoms with E-state index in [9.17, 15) is 14.4 Å². The molecule has 0 aromatic heterocycles. The summed E-state index contributed by atoms with van der Waals surface area (Å²) in [4.78, 5) is 37.8. The molecule has 1 fully saturated rings. The summed E-state index contributed by atoms with van der Waals surface area (Å²) in [7, 11) is 0. The van der Waals surface area contributed by atoms with E-state index in [1.807, 2.05) is 36.4 Å². The molecule has 1 unspecified atom stereocenters. The Kier molecular flexibility index (Phi) is 7.17. The Morgan fingerprint density at radius 1 is 1.09 bits per heavy atom. The van der Waals surface area contributed by atoms with E-state index >= 15 is 0 Å². The number of nitrogens with zero attached hydrogens (tertiary/aromatic N) is 1. The van der Waals surface area contributed by atoms with Gasteiger partial charge < -0.3 is 20.1 Å². The lowest BCUT2D eigenvalue weighted by atomic mass is 9.98. The number of rotatable bonds is 10. The third-order valence-electron chi connectivity index (χ3n) is 6.42. The Labute approximate surface area is 199 Å². The molecule has 2 aliphatic rings. The molecule has 0 spiro atoms. The molecule has 2 N–H and O–H groups in total. The van der Waals surface area contributed by atoms with Crippen LogP contribution in [0, 0.1) is 24.2 Å². The van der Waals surface area contributed by atoms with Crippen LogP contribution in [0.3, 0.4) is 0 Å². The smallest absolute Gasteiger partial charge is 0.407 e. The number of ether oxygens (including phenoxy) is 1. The van der Waals surface area contributed by atoms with Gasteiger partial charge in [-0.2, -0.15) is 0 Å². The molecule has 2 aromatic carbocycles. The third kappa shape index (κ3) is 5.40. The molecule has 34 heavy (non-hydrogen) atoms. The zero-order chi connectivity index (χ0) is 24.1. The minimum absolute atomic E-state index is 0.0521. The van der Waals surface area contributed by atoms with Gasteiger partial charge >= 0.3 is 12.1 Å².